The smallest absolute Gasteiger partial charge is 0.328 e. The maximum atomic E-state index is 2.80. The van der Waals surface area contributed by atoms with Gasteiger partial charge in [-0.3, -0.25) is 0 Å². The molecule has 2 aliphatic carbocycles. The molecule has 0 fully saturated rings. The van der Waals surface area contributed by atoms with Gasteiger partial charge >= 0.3 is 6.85 Å². The van der Waals surface area contributed by atoms with Gasteiger partial charge in [-0.15, -0.1) is 11.3 Å². The van der Waals surface area contributed by atoms with Gasteiger partial charge in [0.25, 0.3) is 0 Å². The fourth-order valence-corrected chi connectivity index (χ4v) is 14.2. The molecule has 8 aromatic carbocycles. The van der Waals surface area contributed by atoms with Crippen molar-refractivity contribution in [2.45, 2.75) is 97.4 Å². The first-order chi connectivity index (χ1) is 32.0. The highest BCUT2D eigenvalue weighted by Gasteiger charge is 2.47. The molecule has 2 nitrogen and oxygen atoms in total. The van der Waals surface area contributed by atoms with Crippen molar-refractivity contribution < 1.29 is 0 Å². The lowest BCUT2D eigenvalue weighted by atomic mass is 9.43. The van der Waals surface area contributed by atoms with E-state index in [2.05, 4.69) is 218 Å². The van der Waals surface area contributed by atoms with Crippen LogP contribution in [0.5, 0.6) is 0 Å². The largest absolute Gasteiger partial charge is 0.402 e. The van der Waals surface area contributed by atoms with Gasteiger partial charge in [-0.2, -0.15) is 0 Å². The lowest BCUT2D eigenvalue weighted by Crippen LogP contribution is -2.62. The van der Waals surface area contributed by atoms with Crippen LogP contribution in [0, 0.1) is 0 Å². The van der Waals surface area contributed by atoms with Crippen molar-refractivity contribution in [1.29, 1.82) is 0 Å². The molecule has 4 heterocycles. The summed E-state index contributed by atoms with van der Waals surface area (Å²) in [6.07, 6.45) is 0. The van der Waals surface area contributed by atoms with Crippen molar-refractivity contribution >= 4 is 76.8 Å². The molecule has 2 aliphatic heterocycles. The molecule has 0 N–H and O–H groups in total. The number of hydrogen-bond donors (Lipinski definition) is 0. The van der Waals surface area contributed by atoms with Crippen LogP contribution < -0.4 is 15.7 Å². The lowest BCUT2D eigenvalue weighted by molar-refractivity contribution is 0.590. The number of thiophene rings is 1. The topological polar surface area (TPSA) is 8.17 Å². The average Bonchev–Trinajstić information content (AvgIpc) is 3.97. The maximum Gasteiger partial charge on any atom is 0.328 e. The zero-order valence-corrected chi connectivity index (χ0v) is 41.2. The molecule has 0 spiro atoms. The molecule has 14 rings (SSSR count). The second-order valence-corrected chi connectivity index (χ2v) is 24.5. The van der Waals surface area contributed by atoms with Gasteiger partial charge in [0.05, 0.1) is 11.0 Å². The van der Waals surface area contributed by atoms with Crippen LogP contribution in [0.1, 0.15) is 108 Å². The van der Waals surface area contributed by atoms with Crippen molar-refractivity contribution in [2.24, 2.45) is 0 Å². The van der Waals surface area contributed by atoms with E-state index in [1.165, 1.54) is 137 Å². The molecular weight excluding hydrogens is 828 g/mol. The average molecular weight is 883 g/mol. The highest BCUT2D eigenvalue weighted by Crippen LogP contribution is 2.54. The van der Waals surface area contributed by atoms with Crippen molar-refractivity contribution in [2.75, 3.05) is 4.81 Å². The zero-order chi connectivity index (χ0) is 45.8. The highest BCUT2D eigenvalue weighted by molar-refractivity contribution is 7.25. The van der Waals surface area contributed by atoms with Crippen LogP contribution in [0.15, 0.2) is 140 Å². The van der Waals surface area contributed by atoms with E-state index in [-0.39, 0.29) is 28.5 Å². The number of benzene rings is 8. The summed E-state index contributed by atoms with van der Waals surface area (Å²) in [5, 5.41) is 5.38. The van der Waals surface area contributed by atoms with Gasteiger partial charge in [-0.25, -0.2) is 0 Å². The van der Waals surface area contributed by atoms with Crippen molar-refractivity contribution in [3.63, 3.8) is 0 Å². The minimum absolute atomic E-state index is 0.00606. The van der Waals surface area contributed by atoms with Crippen LogP contribution in [0.25, 0.3) is 81.0 Å². The van der Waals surface area contributed by atoms with Gasteiger partial charge < -0.3 is 9.38 Å². The minimum atomic E-state index is -0.138. The van der Waals surface area contributed by atoms with Crippen LogP contribution in [-0.4, -0.2) is 11.4 Å². The molecule has 326 valence electrons. The number of nitrogens with zero attached hydrogens (tertiary/aromatic N) is 2. The Labute approximate surface area is 399 Å². The fourth-order valence-electron chi connectivity index (χ4n) is 13.1. The maximum absolute atomic E-state index is 2.80. The van der Waals surface area contributed by atoms with Crippen molar-refractivity contribution in [1.82, 2.24) is 4.57 Å². The number of fused-ring (bicyclic) bond motifs is 17. The first-order valence-corrected chi connectivity index (χ1v) is 25.2. The van der Waals surface area contributed by atoms with Gasteiger partial charge in [0.2, 0.25) is 0 Å². The summed E-state index contributed by atoms with van der Waals surface area (Å²) >= 11 is 1.95. The van der Waals surface area contributed by atoms with Crippen molar-refractivity contribution in [3.05, 3.63) is 178 Å². The SMILES string of the molecule is CC(C)(C)c1ccc(CN2B3c4cc5c(cc4-n4c6cc7c(cc6c6ccc(c3c64)-c3cc4c(cc32)sc2cc(C(C)(C)C)ccc24)-c2ccccc2C7(C)C)-c2ccccc2C5(C)C)cc1. The van der Waals surface area contributed by atoms with E-state index in [0.29, 0.717) is 0 Å². The Kier molecular flexibility index (Phi) is 7.59. The molecule has 10 aromatic rings. The molecule has 0 saturated carbocycles. The molecule has 0 saturated heterocycles. The first kappa shape index (κ1) is 39.8. The molecule has 0 amide bonds. The van der Waals surface area contributed by atoms with Gasteiger partial charge in [0.1, 0.15) is 0 Å². The zero-order valence-electron chi connectivity index (χ0n) is 40.4. The fraction of sp³-hybridized carbons (Fsp3) is 0.238. The Morgan fingerprint density at radius 1 is 0.478 bits per heavy atom. The number of aromatic nitrogens is 1. The Bertz CT molecular complexity index is 3860. The Morgan fingerprint density at radius 2 is 1.07 bits per heavy atom. The van der Waals surface area contributed by atoms with E-state index in [4.69, 9.17) is 0 Å². The van der Waals surface area contributed by atoms with Crippen LogP contribution in [0.2, 0.25) is 0 Å². The minimum Gasteiger partial charge on any atom is -0.402 e. The molecule has 0 atom stereocenters. The predicted molar refractivity (Wildman–Crippen MR) is 289 cm³/mol. The van der Waals surface area contributed by atoms with Crippen LogP contribution in [0.3, 0.4) is 0 Å². The van der Waals surface area contributed by atoms with E-state index < -0.39 is 0 Å². The Hall–Kier alpha value is -6.36. The molecule has 0 bridgehead atoms. The van der Waals surface area contributed by atoms with E-state index in [9.17, 15) is 0 Å². The predicted octanol–water partition coefficient (Wildman–Crippen LogP) is 15.5. The Balaban J connectivity index is 1.11. The normalized spacial score (nSPS) is 15.9. The molecule has 4 heteroatoms. The summed E-state index contributed by atoms with van der Waals surface area (Å²) in [6, 6.07) is 55.4. The van der Waals surface area contributed by atoms with E-state index in [1.54, 1.807) is 0 Å². The summed E-state index contributed by atoms with van der Waals surface area (Å²) in [7, 11) is 0. The van der Waals surface area contributed by atoms with Crippen molar-refractivity contribution in [3.8, 4) is 39.1 Å². The first-order valence-electron chi connectivity index (χ1n) is 24.4. The molecule has 4 aliphatic rings. The Morgan fingerprint density at radius 3 is 1.76 bits per heavy atom. The molecule has 0 radical (unpaired) electrons. The van der Waals surface area contributed by atoms with E-state index in [1.807, 2.05) is 11.3 Å². The third-order valence-electron chi connectivity index (χ3n) is 16.8. The van der Waals surface area contributed by atoms with Gasteiger partial charge in [0, 0.05) is 65.3 Å². The second kappa shape index (κ2) is 12.8. The standard InChI is InChI=1S/C63H55BN2S/c1-60(2,3)36-21-19-35(20-22-36)34-65-53-33-57-47(40-24-23-37(61(4,5)6)27-56(40)67-57)29-45(53)41-25-26-42-46-28-43-38-15-11-13-17-48(38)63(9,10)51(43)32-54(46)66-55-30-44-39-16-12-14-18-49(39)62(7,8)50(44)31-52(55)64(65)58(41)59(42)66/h11-33H,34H2,1-10H3. The quantitative estimate of drug-likeness (QED) is 0.157. The van der Waals surface area contributed by atoms with Gasteiger partial charge in [-0.05, 0) is 125 Å². The highest BCUT2D eigenvalue weighted by atomic mass is 32.1. The summed E-state index contributed by atoms with van der Waals surface area (Å²) < 4.78 is 5.42. The number of anilines is 1. The summed E-state index contributed by atoms with van der Waals surface area (Å²) in [6.45, 7) is 24.4. The third-order valence-corrected chi connectivity index (χ3v) is 17.9. The lowest BCUT2D eigenvalue weighted by Gasteiger charge is -2.42. The summed E-state index contributed by atoms with van der Waals surface area (Å²) in [4.78, 5) is 2.80. The summed E-state index contributed by atoms with van der Waals surface area (Å²) in [5.74, 6) is 0. The molecular formula is C63H55BN2S. The molecule has 0 unspecified atom stereocenters. The van der Waals surface area contributed by atoms with Crippen LogP contribution in [-0.2, 0) is 28.2 Å². The molecule has 67 heavy (non-hydrogen) atoms. The van der Waals surface area contributed by atoms with Crippen LogP contribution in [0.4, 0.5) is 5.69 Å². The molecule has 2 aromatic heterocycles. The second-order valence-electron chi connectivity index (χ2n) is 23.4. The monoisotopic (exact) mass is 882 g/mol. The number of rotatable bonds is 2. The van der Waals surface area contributed by atoms with E-state index >= 15 is 0 Å². The van der Waals surface area contributed by atoms with Crippen LogP contribution >= 0.6 is 11.3 Å². The van der Waals surface area contributed by atoms with Gasteiger partial charge in [-0.1, -0.05) is 172 Å². The third kappa shape index (κ3) is 5.18. The van der Waals surface area contributed by atoms with Gasteiger partial charge in [0.15, 0.2) is 0 Å². The van der Waals surface area contributed by atoms with E-state index in [0.717, 1.165) is 6.54 Å². The summed E-state index contributed by atoms with van der Waals surface area (Å²) in [5.41, 5.74) is 25.9. The number of hydrogen-bond acceptors (Lipinski definition) is 2.